The molecule has 0 spiro atoms. The number of hydrogen-bond acceptors (Lipinski definition) is 4. The molecule has 2 aromatic rings. The summed E-state index contributed by atoms with van der Waals surface area (Å²) in [5.74, 6) is 0.0386. The van der Waals surface area contributed by atoms with E-state index < -0.39 is 10.0 Å². The maximum Gasteiger partial charge on any atom is 0.240 e. The first-order valence-electron chi connectivity index (χ1n) is 8.59. The predicted octanol–water partition coefficient (Wildman–Crippen LogP) is 2.48. The van der Waals surface area contributed by atoms with Gasteiger partial charge in [-0.1, -0.05) is 0 Å². The highest BCUT2D eigenvalue weighted by Crippen LogP contribution is 2.33. The highest BCUT2D eigenvalue weighted by Gasteiger charge is 2.30. The van der Waals surface area contributed by atoms with Gasteiger partial charge in [0.1, 0.15) is 18.2 Å². The second-order valence-electron chi connectivity index (χ2n) is 6.43. The molecule has 0 saturated carbocycles. The van der Waals surface area contributed by atoms with Crippen LogP contribution in [0.3, 0.4) is 0 Å². The molecule has 0 aliphatic carbocycles. The Balaban J connectivity index is 1.63. The molecular weight excluding hydrogens is 371 g/mol. The third-order valence-electron chi connectivity index (χ3n) is 4.39. The molecule has 1 heterocycles. The van der Waals surface area contributed by atoms with Crippen molar-refractivity contribution in [3.63, 3.8) is 0 Å². The molecule has 27 heavy (non-hydrogen) atoms. The third-order valence-corrected chi connectivity index (χ3v) is 5.85. The van der Waals surface area contributed by atoms with Crippen LogP contribution >= 0.6 is 0 Å². The van der Waals surface area contributed by atoms with Crippen molar-refractivity contribution < 1.29 is 22.3 Å². The number of rotatable bonds is 6. The summed E-state index contributed by atoms with van der Waals surface area (Å²) in [4.78, 5) is 13.6. The molecule has 3 rings (SSSR count). The molecule has 1 amide bonds. The SMILES string of the molecule is CC(=O)N1c2ccc(S(=O)(=O)NCCOc3ccc(F)cc3)cc2C[C@H]1C. The first-order chi connectivity index (χ1) is 12.8. The number of sulfonamides is 1. The van der Waals surface area contributed by atoms with Gasteiger partial charge >= 0.3 is 0 Å². The van der Waals surface area contributed by atoms with E-state index in [9.17, 15) is 17.6 Å². The van der Waals surface area contributed by atoms with Gasteiger partial charge in [0, 0.05) is 25.2 Å². The summed E-state index contributed by atoms with van der Waals surface area (Å²) < 4.78 is 45.7. The van der Waals surface area contributed by atoms with Crippen LogP contribution in [0.4, 0.5) is 10.1 Å². The Morgan fingerprint density at radius 1 is 1.26 bits per heavy atom. The van der Waals surface area contributed by atoms with E-state index in [0.717, 1.165) is 11.3 Å². The number of halogens is 1. The van der Waals surface area contributed by atoms with Crippen molar-refractivity contribution >= 4 is 21.6 Å². The molecule has 1 N–H and O–H groups in total. The number of anilines is 1. The molecule has 0 aromatic heterocycles. The molecule has 1 aliphatic heterocycles. The van der Waals surface area contributed by atoms with Crippen molar-refractivity contribution in [1.29, 1.82) is 0 Å². The summed E-state index contributed by atoms with van der Waals surface area (Å²) in [6.07, 6.45) is 0.617. The minimum Gasteiger partial charge on any atom is -0.492 e. The Morgan fingerprint density at radius 3 is 2.63 bits per heavy atom. The van der Waals surface area contributed by atoms with E-state index in [1.54, 1.807) is 17.0 Å². The van der Waals surface area contributed by atoms with Crippen LogP contribution in [0.5, 0.6) is 5.75 Å². The fraction of sp³-hybridized carbons (Fsp3) is 0.316. The van der Waals surface area contributed by atoms with E-state index in [0.29, 0.717) is 12.2 Å². The quantitative estimate of drug-likeness (QED) is 0.767. The Morgan fingerprint density at radius 2 is 1.96 bits per heavy atom. The van der Waals surface area contributed by atoms with Gasteiger partial charge < -0.3 is 9.64 Å². The molecule has 0 fully saturated rings. The largest absolute Gasteiger partial charge is 0.492 e. The summed E-state index contributed by atoms with van der Waals surface area (Å²) in [5, 5.41) is 0. The second kappa shape index (κ2) is 7.66. The fourth-order valence-corrected chi connectivity index (χ4v) is 4.28. The van der Waals surface area contributed by atoms with Crippen molar-refractivity contribution in [2.75, 3.05) is 18.1 Å². The van der Waals surface area contributed by atoms with E-state index in [4.69, 9.17) is 4.74 Å². The van der Waals surface area contributed by atoms with Gasteiger partial charge in [0.15, 0.2) is 0 Å². The molecule has 0 unspecified atom stereocenters. The number of carbonyl (C=O) groups excluding carboxylic acids is 1. The van der Waals surface area contributed by atoms with Gasteiger partial charge in [0.25, 0.3) is 0 Å². The zero-order chi connectivity index (χ0) is 19.6. The van der Waals surface area contributed by atoms with Gasteiger partial charge in [-0.15, -0.1) is 0 Å². The molecule has 2 aromatic carbocycles. The molecule has 0 bridgehead atoms. The average molecular weight is 392 g/mol. The molecule has 1 atom stereocenters. The lowest BCUT2D eigenvalue weighted by atomic mass is 10.1. The van der Waals surface area contributed by atoms with Crippen LogP contribution in [0, 0.1) is 5.82 Å². The first kappa shape index (κ1) is 19.3. The number of fused-ring (bicyclic) bond motifs is 1. The standard InChI is InChI=1S/C19H21FN2O4S/c1-13-11-15-12-18(7-8-19(15)22(13)14(2)23)27(24,25)21-9-10-26-17-5-3-16(20)4-6-17/h3-8,12-13,21H,9-11H2,1-2H3/t13-/m1/s1. The van der Waals surface area contributed by atoms with Crippen molar-refractivity contribution in [2.24, 2.45) is 0 Å². The number of carbonyl (C=O) groups is 1. The maximum atomic E-state index is 12.8. The van der Waals surface area contributed by atoms with E-state index in [1.165, 1.54) is 37.3 Å². The Hall–Kier alpha value is -2.45. The second-order valence-corrected chi connectivity index (χ2v) is 8.20. The number of amides is 1. The van der Waals surface area contributed by atoms with Crippen molar-refractivity contribution in [3.05, 3.63) is 53.8 Å². The van der Waals surface area contributed by atoms with Crippen LogP contribution in [0.15, 0.2) is 47.4 Å². The topological polar surface area (TPSA) is 75.7 Å². The number of nitrogens with one attached hydrogen (secondary N) is 1. The van der Waals surface area contributed by atoms with Gasteiger partial charge in [-0.05, 0) is 61.4 Å². The summed E-state index contributed by atoms with van der Waals surface area (Å²) in [6.45, 7) is 3.62. The minimum absolute atomic E-state index is 0.00697. The molecule has 0 radical (unpaired) electrons. The van der Waals surface area contributed by atoms with Crippen LogP contribution in [-0.2, 0) is 21.2 Å². The van der Waals surface area contributed by atoms with Crippen molar-refractivity contribution in [2.45, 2.75) is 31.2 Å². The first-order valence-corrected chi connectivity index (χ1v) is 10.1. The minimum atomic E-state index is -3.69. The van der Waals surface area contributed by atoms with Crippen LogP contribution in [0.2, 0.25) is 0 Å². The van der Waals surface area contributed by atoms with Crippen molar-refractivity contribution in [1.82, 2.24) is 4.72 Å². The summed E-state index contributed by atoms with van der Waals surface area (Å²) in [6, 6.07) is 10.3. The van der Waals surface area contributed by atoms with Crippen LogP contribution in [0.1, 0.15) is 19.4 Å². The highest BCUT2D eigenvalue weighted by atomic mass is 32.2. The highest BCUT2D eigenvalue weighted by molar-refractivity contribution is 7.89. The smallest absolute Gasteiger partial charge is 0.240 e. The Kier molecular flexibility index (Phi) is 5.48. The van der Waals surface area contributed by atoms with Gasteiger partial charge in [0.05, 0.1) is 4.90 Å². The zero-order valence-corrected chi connectivity index (χ0v) is 15.9. The lowest BCUT2D eigenvalue weighted by molar-refractivity contribution is -0.116. The number of hydrogen-bond donors (Lipinski definition) is 1. The van der Waals surface area contributed by atoms with E-state index in [2.05, 4.69) is 4.72 Å². The molecule has 0 saturated heterocycles. The van der Waals surface area contributed by atoms with Gasteiger partial charge in [-0.25, -0.2) is 17.5 Å². The third kappa shape index (κ3) is 4.28. The van der Waals surface area contributed by atoms with Gasteiger partial charge in [-0.3, -0.25) is 4.79 Å². The summed E-state index contributed by atoms with van der Waals surface area (Å²) in [7, 11) is -3.69. The molecular formula is C19H21FN2O4S. The van der Waals surface area contributed by atoms with Crippen LogP contribution < -0.4 is 14.4 Å². The monoisotopic (exact) mass is 392 g/mol. The van der Waals surface area contributed by atoms with Crippen molar-refractivity contribution in [3.8, 4) is 5.75 Å². The van der Waals surface area contributed by atoms with Gasteiger partial charge in [-0.2, -0.15) is 0 Å². The van der Waals surface area contributed by atoms with E-state index in [1.807, 2.05) is 6.92 Å². The predicted molar refractivity (Wildman–Crippen MR) is 99.9 cm³/mol. The maximum absolute atomic E-state index is 12.8. The molecule has 144 valence electrons. The van der Waals surface area contributed by atoms with E-state index in [-0.39, 0.29) is 35.8 Å². The lowest BCUT2D eigenvalue weighted by Gasteiger charge is -2.20. The number of benzene rings is 2. The summed E-state index contributed by atoms with van der Waals surface area (Å²) in [5.41, 5.74) is 1.59. The Labute approximate surface area is 158 Å². The average Bonchev–Trinajstić information content (AvgIpc) is 2.95. The normalized spacial score (nSPS) is 16.3. The zero-order valence-electron chi connectivity index (χ0n) is 15.1. The number of nitrogens with zero attached hydrogens (tertiary/aromatic N) is 1. The molecule has 8 heteroatoms. The molecule has 1 aliphatic rings. The van der Waals surface area contributed by atoms with E-state index >= 15 is 0 Å². The fourth-order valence-electron chi connectivity index (χ4n) is 3.21. The van der Waals surface area contributed by atoms with Gasteiger partial charge in [0.2, 0.25) is 15.9 Å². The van der Waals surface area contributed by atoms with Crippen LogP contribution in [-0.4, -0.2) is 33.5 Å². The summed E-state index contributed by atoms with van der Waals surface area (Å²) >= 11 is 0. The Bertz CT molecular complexity index is 945. The number of ether oxygens (including phenoxy) is 1. The molecule has 6 nitrogen and oxygen atoms in total. The van der Waals surface area contributed by atoms with Crippen LogP contribution in [0.25, 0.3) is 0 Å². The lowest BCUT2D eigenvalue weighted by Crippen LogP contribution is -2.33.